The first-order valence-electron chi connectivity index (χ1n) is 5.83. The van der Waals surface area contributed by atoms with E-state index < -0.39 is 0 Å². The molecule has 0 spiro atoms. The summed E-state index contributed by atoms with van der Waals surface area (Å²) in [4.78, 5) is 4.08. The monoisotopic (exact) mass is 247 g/mol. The lowest BCUT2D eigenvalue weighted by Gasteiger charge is -2.11. The van der Waals surface area contributed by atoms with Crippen molar-refractivity contribution in [1.82, 2.24) is 14.9 Å². The summed E-state index contributed by atoms with van der Waals surface area (Å²) in [6.07, 6.45) is 8.11. The Morgan fingerprint density at radius 2 is 2.29 bits per heavy atom. The number of imidazole rings is 1. The Labute approximate surface area is 105 Å². The molecule has 0 unspecified atom stereocenters. The van der Waals surface area contributed by atoms with Crippen LogP contribution in [-0.2, 0) is 6.54 Å². The largest absolute Gasteiger partial charge is 0.310 e. The lowest BCUT2D eigenvalue weighted by Crippen LogP contribution is -2.16. The standard InChI is InChI=1S/C13H14ClN3/c14-11-2-1-10(8-16-12-3-4-12)13(7-11)17-6-5-15-9-17/h1-2,5-7,9,12,16H,3-4,8H2. The van der Waals surface area contributed by atoms with E-state index in [9.17, 15) is 0 Å². The van der Waals surface area contributed by atoms with Crippen molar-refractivity contribution in [1.29, 1.82) is 0 Å². The Kier molecular flexibility index (Phi) is 2.87. The van der Waals surface area contributed by atoms with E-state index in [2.05, 4.69) is 16.4 Å². The van der Waals surface area contributed by atoms with Gasteiger partial charge in [-0.05, 0) is 30.5 Å². The molecule has 2 aromatic rings. The molecule has 3 nitrogen and oxygen atoms in total. The fraction of sp³-hybridized carbons (Fsp3) is 0.308. The molecule has 3 rings (SSSR count). The topological polar surface area (TPSA) is 29.9 Å². The van der Waals surface area contributed by atoms with Gasteiger partial charge in [-0.25, -0.2) is 4.98 Å². The van der Waals surface area contributed by atoms with Gasteiger partial charge in [0.1, 0.15) is 0 Å². The molecule has 1 N–H and O–H groups in total. The lowest BCUT2D eigenvalue weighted by atomic mass is 10.1. The highest BCUT2D eigenvalue weighted by atomic mass is 35.5. The molecule has 1 heterocycles. The first-order chi connectivity index (χ1) is 8.33. The van der Waals surface area contributed by atoms with Crippen molar-refractivity contribution < 1.29 is 0 Å². The van der Waals surface area contributed by atoms with Crippen LogP contribution in [-0.4, -0.2) is 15.6 Å². The summed E-state index contributed by atoms with van der Waals surface area (Å²) >= 11 is 6.05. The zero-order valence-corrected chi connectivity index (χ0v) is 10.2. The minimum atomic E-state index is 0.710. The molecule has 1 aromatic heterocycles. The number of rotatable bonds is 4. The summed E-state index contributed by atoms with van der Waals surface area (Å²) in [7, 11) is 0. The van der Waals surface area contributed by atoms with Gasteiger partial charge < -0.3 is 9.88 Å². The number of aromatic nitrogens is 2. The van der Waals surface area contributed by atoms with Crippen molar-refractivity contribution in [2.45, 2.75) is 25.4 Å². The Morgan fingerprint density at radius 3 is 3.00 bits per heavy atom. The van der Waals surface area contributed by atoms with Gasteiger partial charge in [0.25, 0.3) is 0 Å². The molecular weight excluding hydrogens is 234 g/mol. The van der Waals surface area contributed by atoms with Crippen LogP contribution in [0.4, 0.5) is 0 Å². The second-order valence-electron chi connectivity index (χ2n) is 4.40. The summed E-state index contributed by atoms with van der Waals surface area (Å²) in [5.41, 5.74) is 2.35. The third-order valence-electron chi connectivity index (χ3n) is 2.99. The van der Waals surface area contributed by atoms with Crippen LogP contribution in [0.2, 0.25) is 5.02 Å². The van der Waals surface area contributed by atoms with Gasteiger partial charge in [-0.3, -0.25) is 0 Å². The van der Waals surface area contributed by atoms with Crippen LogP contribution in [0.15, 0.2) is 36.9 Å². The average molecular weight is 248 g/mol. The second kappa shape index (κ2) is 4.51. The number of benzene rings is 1. The number of nitrogens with one attached hydrogen (secondary N) is 1. The summed E-state index contributed by atoms with van der Waals surface area (Å²) in [5, 5.41) is 4.27. The third-order valence-corrected chi connectivity index (χ3v) is 3.22. The first kappa shape index (κ1) is 10.8. The van der Waals surface area contributed by atoms with Gasteiger partial charge in [0, 0.05) is 30.0 Å². The maximum atomic E-state index is 6.05. The molecule has 0 aliphatic heterocycles. The normalized spacial score (nSPS) is 15.1. The molecule has 0 amide bonds. The highest BCUT2D eigenvalue weighted by Crippen LogP contribution is 2.23. The van der Waals surface area contributed by atoms with Crippen molar-refractivity contribution in [3.8, 4) is 5.69 Å². The number of halogens is 1. The fourth-order valence-corrected chi connectivity index (χ4v) is 2.04. The van der Waals surface area contributed by atoms with E-state index in [1.807, 2.05) is 22.9 Å². The summed E-state index contributed by atoms with van der Waals surface area (Å²) < 4.78 is 2.00. The molecule has 1 aliphatic carbocycles. The molecule has 1 fully saturated rings. The van der Waals surface area contributed by atoms with Gasteiger partial charge >= 0.3 is 0 Å². The summed E-state index contributed by atoms with van der Waals surface area (Å²) in [5.74, 6) is 0. The molecule has 1 saturated carbocycles. The minimum absolute atomic E-state index is 0.710. The van der Waals surface area contributed by atoms with Gasteiger partial charge in [0.05, 0.1) is 12.0 Å². The van der Waals surface area contributed by atoms with Gasteiger partial charge in [0.2, 0.25) is 0 Å². The second-order valence-corrected chi connectivity index (χ2v) is 4.83. The predicted octanol–water partition coefficient (Wildman–Crippen LogP) is 2.78. The molecule has 0 radical (unpaired) electrons. The van der Waals surface area contributed by atoms with Crippen molar-refractivity contribution in [3.63, 3.8) is 0 Å². The average Bonchev–Trinajstić information content (AvgIpc) is 3.00. The zero-order valence-electron chi connectivity index (χ0n) is 9.44. The molecule has 88 valence electrons. The van der Waals surface area contributed by atoms with Gasteiger partial charge in [-0.2, -0.15) is 0 Å². The van der Waals surface area contributed by atoms with E-state index in [0.717, 1.165) is 17.3 Å². The quantitative estimate of drug-likeness (QED) is 0.901. The number of nitrogens with zero attached hydrogens (tertiary/aromatic N) is 2. The molecule has 1 aromatic carbocycles. The summed E-state index contributed by atoms with van der Waals surface area (Å²) in [6, 6.07) is 6.70. The van der Waals surface area contributed by atoms with Crippen LogP contribution in [0.5, 0.6) is 0 Å². The van der Waals surface area contributed by atoms with E-state index >= 15 is 0 Å². The van der Waals surface area contributed by atoms with Gasteiger partial charge in [0.15, 0.2) is 0 Å². The summed E-state index contributed by atoms with van der Waals surface area (Å²) in [6.45, 7) is 0.884. The van der Waals surface area contributed by atoms with Crippen LogP contribution >= 0.6 is 11.6 Å². The minimum Gasteiger partial charge on any atom is -0.310 e. The van der Waals surface area contributed by atoms with Crippen LogP contribution in [0, 0.1) is 0 Å². The smallest absolute Gasteiger partial charge is 0.0991 e. The van der Waals surface area contributed by atoms with Crippen LogP contribution < -0.4 is 5.32 Å². The van der Waals surface area contributed by atoms with Gasteiger partial charge in [-0.15, -0.1) is 0 Å². The highest BCUT2D eigenvalue weighted by molar-refractivity contribution is 6.30. The van der Waals surface area contributed by atoms with Crippen LogP contribution in [0.1, 0.15) is 18.4 Å². The Balaban J connectivity index is 1.89. The Morgan fingerprint density at radius 1 is 1.41 bits per heavy atom. The van der Waals surface area contributed by atoms with Crippen molar-refractivity contribution >= 4 is 11.6 Å². The van der Waals surface area contributed by atoms with Crippen molar-refractivity contribution in [3.05, 3.63) is 47.5 Å². The Bertz CT molecular complexity index is 503. The molecule has 0 atom stereocenters. The molecule has 17 heavy (non-hydrogen) atoms. The van der Waals surface area contributed by atoms with E-state index in [-0.39, 0.29) is 0 Å². The lowest BCUT2D eigenvalue weighted by molar-refractivity contribution is 0.684. The van der Waals surface area contributed by atoms with Crippen LogP contribution in [0.25, 0.3) is 5.69 Å². The SMILES string of the molecule is Clc1ccc(CNC2CC2)c(-n2ccnc2)c1. The Hall–Kier alpha value is -1.32. The van der Waals surface area contributed by atoms with E-state index in [1.54, 1.807) is 12.5 Å². The highest BCUT2D eigenvalue weighted by Gasteiger charge is 2.20. The van der Waals surface area contributed by atoms with Crippen molar-refractivity contribution in [2.75, 3.05) is 0 Å². The third kappa shape index (κ3) is 2.51. The molecule has 1 aliphatic rings. The molecule has 0 saturated heterocycles. The molecule has 0 bridgehead atoms. The molecule has 4 heteroatoms. The first-order valence-corrected chi connectivity index (χ1v) is 6.21. The van der Waals surface area contributed by atoms with Crippen molar-refractivity contribution in [2.24, 2.45) is 0 Å². The maximum absolute atomic E-state index is 6.05. The van der Waals surface area contributed by atoms with Crippen LogP contribution in [0.3, 0.4) is 0 Å². The number of hydrogen-bond donors (Lipinski definition) is 1. The van der Waals surface area contributed by atoms with E-state index in [4.69, 9.17) is 11.6 Å². The number of hydrogen-bond acceptors (Lipinski definition) is 2. The molecular formula is C13H14ClN3. The predicted molar refractivity (Wildman–Crippen MR) is 68.4 cm³/mol. The zero-order chi connectivity index (χ0) is 11.7. The van der Waals surface area contributed by atoms with Gasteiger partial charge in [-0.1, -0.05) is 17.7 Å². The fourth-order valence-electron chi connectivity index (χ4n) is 1.87. The van der Waals surface area contributed by atoms with E-state index in [1.165, 1.54) is 18.4 Å². The maximum Gasteiger partial charge on any atom is 0.0991 e. The van der Waals surface area contributed by atoms with E-state index in [0.29, 0.717) is 6.04 Å².